The van der Waals surface area contributed by atoms with E-state index in [1.54, 1.807) is 18.3 Å². The van der Waals surface area contributed by atoms with Gasteiger partial charge in [0, 0.05) is 11.4 Å². The molecule has 0 spiro atoms. The Labute approximate surface area is 105 Å². The van der Waals surface area contributed by atoms with Crippen LogP contribution in [0, 0.1) is 13.8 Å². The fraction of sp³-hybridized carbons (Fsp3) is 0.636. The van der Waals surface area contributed by atoms with Crippen molar-refractivity contribution in [2.75, 3.05) is 7.11 Å². The highest BCUT2D eigenvalue weighted by Gasteiger charge is 2.24. The first-order valence-electron chi connectivity index (χ1n) is 5.38. The minimum absolute atomic E-state index is 0.459. The standard InChI is InChI=1S/C11H18N2O3S/c1-6-9(17-8(3)13-6)5-12-10(7(2)14)11(15)16-4/h7,10,12,14H,5H2,1-4H3/t7-,10+/m1/s1. The Morgan fingerprint density at radius 3 is 2.65 bits per heavy atom. The molecule has 0 bridgehead atoms. The predicted molar refractivity (Wildman–Crippen MR) is 65.9 cm³/mol. The number of hydrogen-bond donors (Lipinski definition) is 2. The molecule has 96 valence electrons. The summed E-state index contributed by atoms with van der Waals surface area (Å²) in [6, 6.07) is -0.707. The fourth-order valence-corrected chi connectivity index (χ4v) is 2.41. The third-order valence-electron chi connectivity index (χ3n) is 2.42. The quantitative estimate of drug-likeness (QED) is 0.763. The molecule has 0 aliphatic rings. The molecule has 1 heterocycles. The van der Waals surface area contributed by atoms with E-state index in [0.717, 1.165) is 15.6 Å². The lowest BCUT2D eigenvalue weighted by molar-refractivity contribution is -0.145. The third kappa shape index (κ3) is 3.76. The van der Waals surface area contributed by atoms with E-state index in [1.807, 2.05) is 13.8 Å². The molecule has 0 radical (unpaired) electrons. The Kier molecular flexibility index (Phi) is 5.04. The second kappa shape index (κ2) is 6.09. The van der Waals surface area contributed by atoms with Crippen molar-refractivity contribution in [2.24, 2.45) is 0 Å². The first-order chi connectivity index (χ1) is 7.95. The van der Waals surface area contributed by atoms with Gasteiger partial charge in [-0.3, -0.25) is 10.1 Å². The van der Waals surface area contributed by atoms with Gasteiger partial charge in [-0.25, -0.2) is 4.98 Å². The molecule has 0 fully saturated rings. The summed E-state index contributed by atoms with van der Waals surface area (Å²) >= 11 is 1.58. The number of ether oxygens (including phenoxy) is 1. The second-order valence-electron chi connectivity index (χ2n) is 3.86. The number of aromatic nitrogens is 1. The van der Waals surface area contributed by atoms with Gasteiger partial charge in [-0.15, -0.1) is 11.3 Å². The molecule has 17 heavy (non-hydrogen) atoms. The average Bonchev–Trinajstić information content (AvgIpc) is 2.57. The van der Waals surface area contributed by atoms with Crippen LogP contribution in [0.4, 0.5) is 0 Å². The highest BCUT2D eigenvalue weighted by atomic mass is 32.1. The number of aliphatic hydroxyl groups is 1. The Morgan fingerprint density at radius 1 is 1.59 bits per heavy atom. The van der Waals surface area contributed by atoms with Crippen LogP contribution in [0.15, 0.2) is 0 Å². The van der Waals surface area contributed by atoms with Gasteiger partial charge < -0.3 is 9.84 Å². The smallest absolute Gasteiger partial charge is 0.325 e. The van der Waals surface area contributed by atoms with E-state index in [0.29, 0.717) is 6.54 Å². The minimum Gasteiger partial charge on any atom is -0.468 e. The van der Waals surface area contributed by atoms with Crippen molar-refractivity contribution in [3.8, 4) is 0 Å². The van der Waals surface area contributed by atoms with Crippen molar-refractivity contribution < 1.29 is 14.6 Å². The zero-order valence-corrected chi connectivity index (χ0v) is 11.3. The van der Waals surface area contributed by atoms with E-state index in [4.69, 9.17) is 0 Å². The lowest BCUT2D eigenvalue weighted by atomic mass is 10.2. The molecule has 1 aromatic heterocycles. The van der Waals surface area contributed by atoms with Crippen molar-refractivity contribution in [1.82, 2.24) is 10.3 Å². The summed E-state index contributed by atoms with van der Waals surface area (Å²) in [5, 5.41) is 13.5. The van der Waals surface area contributed by atoms with E-state index in [1.165, 1.54) is 7.11 Å². The van der Waals surface area contributed by atoms with E-state index in [2.05, 4.69) is 15.0 Å². The number of rotatable bonds is 5. The zero-order chi connectivity index (χ0) is 13.0. The van der Waals surface area contributed by atoms with Gasteiger partial charge >= 0.3 is 5.97 Å². The van der Waals surface area contributed by atoms with Crippen molar-refractivity contribution in [3.63, 3.8) is 0 Å². The van der Waals surface area contributed by atoms with E-state index < -0.39 is 18.1 Å². The molecular formula is C11H18N2O3S. The summed E-state index contributed by atoms with van der Waals surface area (Å²) in [4.78, 5) is 16.8. The minimum atomic E-state index is -0.795. The monoisotopic (exact) mass is 258 g/mol. The van der Waals surface area contributed by atoms with Crippen LogP contribution in [0.25, 0.3) is 0 Å². The van der Waals surface area contributed by atoms with E-state index >= 15 is 0 Å². The molecule has 6 heteroatoms. The normalized spacial score (nSPS) is 14.4. The van der Waals surface area contributed by atoms with Crippen LogP contribution in [-0.2, 0) is 16.1 Å². The maximum absolute atomic E-state index is 11.4. The maximum atomic E-state index is 11.4. The van der Waals surface area contributed by atoms with Crippen LogP contribution in [0.5, 0.6) is 0 Å². The highest BCUT2D eigenvalue weighted by Crippen LogP contribution is 2.17. The molecule has 0 amide bonds. The van der Waals surface area contributed by atoms with Gasteiger partial charge in [-0.05, 0) is 20.8 Å². The summed E-state index contributed by atoms with van der Waals surface area (Å²) in [7, 11) is 1.31. The Hall–Kier alpha value is -0.980. The van der Waals surface area contributed by atoms with Crippen molar-refractivity contribution in [1.29, 1.82) is 0 Å². The summed E-state index contributed by atoms with van der Waals surface area (Å²) in [6.45, 7) is 5.92. The van der Waals surface area contributed by atoms with Gasteiger partial charge in [-0.1, -0.05) is 0 Å². The molecule has 0 aliphatic carbocycles. The molecule has 2 N–H and O–H groups in total. The maximum Gasteiger partial charge on any atom is 0.325 e. The lowest BCUT2D eigenvalue weighted by Crippen LogP contribution is -2.45. The highest BCUT2D eigenvalue weighted by molar-refractivity contribution is 7.11. The average molecular weight is 258 g/mol. The SMILES string of the molecule is COC(=O)[C@@H](NCc1sc(C)nc1C)[C@@H](C)O. The van der Waals surface area contributed by atoms with Crippen molar-refractivity contribution >= 4 is 17.3 Å². The summed E-state index contributed by atoms with van der Waals surface area (Å²) in [5.41, 5.74) is 0.953. The van der Waals surface area contributed by atoms with E-state index in [-0.39, 0.29) is 0 Å². The van der Waals surface area contributed by atoms with Crippen LogP contribution >= 0.6 is 11.3 Å². The molecule has 5 nitrogen and oxygen atoms in total. The van der Waals surface area contributed by atoms with Crippen LogP contribution in [-0.4, -0.2) is 35.3 Å². The molecule has 1 aromatic rings. The number of carbonyl (C=O) groups is 1. The summed E-state index contributed by atoms with van der Waals surface area (Å²) < 4.78 is 4.62. The van der Waals surface area contributed by atoms with Gasteiger partial charge in [0.15, 0.2) is 0 Å². The Morgan fingerprint density at radius 2 is 2.24 bits per heavy atom. The van der Waals surface area contributed by atoms with Gasteiger partial charge in [0.2, 0.25) is 0 Å². The molecule has 0 aliphatic heterocycles. The molecule has 0 unspecified atom stereocenters. The number of nitrogens with one attached hydrogen (secondary N) is 1. The fourth-order valence-electron chi connectivity index (χ4n) is 1.52. The lowest BCUT2D eigenvalue weighted by Gasteiger charge is -2.18. The van der Waals surface area contributed by atoms with Crippen LogP contribution < -0.4 is 5.32 Å². The van der Waals surface area contributed by atoms with Crippen LogP contribution in [0.2, 0.25) is 0 Å². The van der Waals surface area contributed by atoms with Gasteiger partial charge in [0.1, 0.15) is 6.04 Å². The number of nitrogens with zero attached hydrogens (tertiary/aromatic N) is 1. The van der Waals surface area contributed by atoms with Gasteiger partial charge in [0.05, 0.1) is 23.9 Å². The molecular weight excluding hydrogens is 240 g/mol. The van der Waals surface area contributed by atoms with Gasteiger partial charge in [-0.2, -0.15) is 0 Å². The number of thiazole rings is 1. The number of aliphatic hydroxyl groups excluding tert-OH is 1. The molecule has 0 saturated heterocycles. The number of aryl methyl sites for hydroxylation is 2. The summed E-state index contributed by atoms with van der Waals surface area (Å²) in [5.74, 6) is -0.459. The van der Waals surface area contributed by atoms with Crippen molar-refractivity contribution in [3.05, 3.63) is 15.6 Å². The van der Waals surface area contributed by atoms with Crippen LogP contribution in [0.3, 0.4) is 0 Å². The first-order valence-corrected chi connectivity index (χ1v) is 6.19. The van der Waals surface area contributed by atoms with Crippen molar-refractivity contribution in [2.45, 2.75) is 39.5 Å². The Bertz CT molecular complexity index is 390. The van der Waals surface area contributed by atoms with Crippen LogP contribution in [0.1, 0.15) is 22.5 Å². The van der Waals surface area contributed by atoms with E-state index in [9.17, 15) is 9.90 Å². The molecule has 1 rings (SSSR count). The zero-order valence-electron chi connectivity index (χ0n) is 10.5. The molecule has 0 saturated carbocycles. The number of hydrogen-bond acceptors (Lipinski definition) is 6. The third-order valence-corrected chi connectivity index (χ3v) is 3.49. The predicted octanol–water partition coefficient (Wildman–Crippen LogP) is 0.772. The number of carbonyl (C=O) groups excluding carboxylic acids is 1. The second-order valence-corrected chi connectivity index (χ2v) is 5.15. The first kappa shape index (κ1) is 14.1. The van der Waals surface area contributed by atoms with Gasteiger partial charge in [0.25, 0.3) is 0 Å². The molecule has 0 aromatic carbocycles. The largest absolute Gasteiger partial charge is 0.468 e. The topological polar surface area (TPSA) is 71.5 Å². The number of methoxy groups -OCH3 is 1. The number of esters is 1. The summed E-state index contributed by atoms with van der Waals surface area (Å²) in [6.07, 6.45) is -0.795. The Balaban J connectivity index is 2.64. The molecule has 2 atom stereocenters.